The van der Waals surface area contributed by atoms with Crippen LogP contribution in [-0.4, -0.2) is 137 Å². The van der Waals surface area contributed by atoms with Gasteiger partial charge < -0.3 is 29.7 Å². The molecule has 0 saturated carbocycles. The molecule has 2 fully saturated rings. The van der Waals surface area contributed by atoms with E-state index in [2.05, 4.69) is 67.7 Å². The molecule has 5 aromatic rings. The molecule has 3 heterocycles. The highest BCUT2D eigenvalue weighted by Crippen LogP contribution is 2.44. The van der Waals surface area contributed by atoms with E-state index in [1.54, 1.807) is 6.07 Å². The fourth-order valence-corrected chi connectivity index (χ4v) is 10.6. The number of carbonyl (C=O) groups excluding carboxylic acids is 1. The van der Waals surface area contributed by atoms with Crippen LogP contribution in [0, 0.1) is 15.5 Å². The van der Waals surface area contributed by atoms with E-state index < -0.39 is 31.4 Å². The number of carbonyl (C=O) groups is 1. The maximum absolute atomic E-state index is 14.3. The zero-order chi connectivity index (χ0) is 48.2. The van der Waals surface area contributed by atoms with Crippen LogP contribution in [0.15, 0.2) is 95.5 Å². The van der Waals surface area contributed by atoms with E-state index >= 15 is 0 Å². The first-order valence-corrected chi connectivity index (χ1v) is 25.4. The second-order valence-electron chi connectivity index (χ2n) is 19.5. The predicted octanol–water partition coefficient (Wildman–Crippen LogP) is 8.54. The van der Waals surface area contributed by atoms with Crippen LogP contribution in [0.5, 0.6) is 11.5 Å². The van der Waals surface area contributed by atoms with Gasteiger partial charge in [-0.15, -0.1) is 0 Å². The van der Waals surface area contributed by atoms with E-state index in [1.807, 2.05) is 67.7 Å². The summed E-state index contributed by atoms with van der Waals surface area (Å²) in [6.45, 7) is 14.4. The zero-order valence-electron chi connectivity index (χ0n) is 39.8. The number of benzene rings is 4. The van der Waals surface area contributed by atoms with Crippen molar-refractivity contribution in [2.24, 2.45) is 5.41 Å². The Hall–Kier alpha value is -5.49. The molecule has 0 radical (unpaired) electrons. The van der Waals surface area contributed by atoms with Crippen molar-refractivity contribution in [2.45, 2.75) is 51.0 Å². The molecular formula is C51H64ClN9O6S. The molecule has 0 atom stereocenters. The summed E-state index contributed by atoms with van der Waals surface area (Å²) in [5.41, 5.74) is 6.89. The van der Waals surface area contributed by atoms with Crippen LogP contribution in [0.4, 0.5) is 17.1 Å². The van der Waals surface area contributed by atoms with Crippen molar-refractivity contribution < 1.29 is 22.9 Å². The first-order chi connectivity index (χ1) is 32.5. The molecule has 4 aromatic carbocycles. The van der Waals surface area contributed by atoms with Crippen LogP contribution < -0.4 is 19.7 Å². The minimum atomic E-state index is -4.57. The lowest BCUT2D eigenvalue weighted by atomic mass is 9.72. The lowest BCUT2D eigenvalue weighted by Gasteiger charge is -2.39. The van der Waals surface area contributed by atoms with Crippen LogP contribution in [0.25, 0.3) is 16.5 Å². The molecule has 1 aromatic heterocycles. The highest BCUT2D eigenvalue weighted by Gasteiger charge is 2.31. The molecule has 1 aliphatic carbocycles. The van der Waals surface area contributed by atoms with Crippen molar-refractivity contribution in [3.63, 3.8) is 0 Å². The average Bonchev–Trinajstić information content (AvgIpc) is 3.72. The van der Waals surface area contributed by atoms with Gasteiger partial charge >= 0.3 is 0 Å². The number of halogens is 1. The quantitative estimate of drug-likeness (QED) is 0.0464. The van der Waals surface area contributed by atoms with Gasteiger partial charge in [-0.3, -0.25) is 24.7 Å². The number of hydrogen-bond acceptors (Lipinski definition) is 12. The van der Waals surface area contributed by atoms with Gasteiger partial charge in [-0.05, 0) is 124 Å². The maximum Gasteiger partial charge on any atom is 0.293 e. The summed E-state index contributed by atoms with van der Waals surface area (Å²) in [4.78, 5) is 40.3. The third-order valence-electron chi connectivity index (χ3n) is 13.5. The molecule has 8 rings (SSSR count). The number of allylic oxidation sites excluding steroid dienone is 1. The Balaban J connectivity index is 1.06. The molecule has 2 saturated heterocycles. The van der Waals surface area contributed by atoms with Crippen LogP contribution >= 0.6 is 11.6 Å². The number of nitrogens with one attached hydrogen (secondary N) is 3. The van der Waals surface area contributed by atoms with Crippen molar-refractivity contribution in [1.82, 2.24) is 29.3 Å². The lowest BCUT2D eigenvalue weighted by Crippen LogP contribution is -2.47. The number of likely N-dealkylation sites (N-methyl/N-ethyl adjacent to an activating group) is 1. The first kappa shape index (κ1) is 48.9. The van der Waals surface area contributed by atoms with Crippen LogP contribution in [-0.2, 0) is 16.6 Å². The second-order valence-corrected chi connectivity index (χ2v) is 21.6. The van der Waals surface area contributed by atoms with Crippen LogP contribution in [0.2, 0.25) is 5.02 Å². The number of hydrogen-bond donors (Lipinski definition) is 3. The largest absolute Gasteiger partial charge is 0.456 e. The number of nitro groups is 1. The number of fused-ring (bicyclic) bond motifs is 1. The molecule has 17 heteroatoms. The van der Waals surface area contributed by atoms with Crippen molar-refractivity contribution in [1.29, 1.82) is 0 Å². The third-order valence-corrected chi connectivity index (χ3v) is 15.1. The minimum Gasteiger partial charge on any atom is -0.456 e. The lowest BCUT2D eigenvalue weighted by molar-refractivity contribution is -0.384. The van der Waals surface area contributed by atoms with E-state index in [0.717, 1.165) is 124 Å². The SMILES string of the molecule is CN(C)CCCNc1ccc(S(=O)(=O)NC(=O)c2ccc(N3CCN(CC4=C(c5ccc(Cl)cc5)CC(C)(C)CC4)CC3)cc2Oc2cccc3[nH]cc(CN4CCN(C)CC4)c23)cc1[N+](=O)[O-]. The Morgan fingerprint density at radius 3 is 2.35 bits per heavy atom. The fraction of sp³-hybridized carbons (Fsp3) is 0.431. The van der Waals surface area contributed by atoms with Gasteiger partial charge in [0, 0.05) is 112 Å². The predicted molar refractivity (Wildman–Crippen MR) is 272 cm³/mol. The Bertz CT molecular complexity index is 2760. The number of sulfonamides is 1. The molecule has 15 nitrogen and oxygen atoms in total. The first-order valence-electron chi connectivity index (χ1n) is 23.5. The van der Waals surface area contributed by atoms with Crippen LogP contribution in [0.1, 0.15) is 61.0 Å². The third kappa shape index (κ3) is 11.8. The molecule has 0 unspecified atom stereocenters. The average molecular weight is 967 g/mol. The van der Waals surface area contributed by atoms with Crippen molar-refractivity contribution in [3.05, 3.63) is 122 Å². The number of H-pyrrole nitrogens is 1. The molecule has 1 amide bonds. The number of piperazine rings is 2. The summed E-state index contributed by atoms with van der Waals surface area (Å²) < 4.78 is 36.7. The monoisotopic (exact) mass is 965 g/mol. The number of amides is 1. The van der Waals surface area contributed by atoms with Gasteiger partial charge in [-0.1, -0.05) is 49.2 Å². The van der Waals surface area contributed by atoms with E-state index in [9.17, 15) is 23.3 Å². The van der Waals surface area contributed by atoms with E-state index in [1.165, 1.54) is 28.8 Å². The molecule has 3 aliphatic rings. The molecule has 362 valence electrons. The van der Waals surface area contributed by atoms with Gasteiger partial charge in [0.05, 0.1) is 15.4 Å². The molecule has 0 spiro atoms. The Morgan fingerprint density at radius 2 is 1.63 bits per heavy atom. The van der Waals surface area contributed by atoms with Gasteiger partial charge in [0.25, 0.3) is 21.6 Å². The number of nitrogens with zero attached hydrogens (tertiary/aromatic N) is 6. The maximum atomic E-state index is 14.3. The van der Waals surface area contributed by atoms with Crippen LogP contribution in [0.3, 0.4) is 0 Å². The Labute approximate surface area is 405 Å². The molecular weight excluding hydrogens is 902 g/mol. The van der Waals surface area contributed by atoms with Gasteiger partial charge in [0.15, 0.2) is 0 Å². The van der Waals surface area contributed by atoms with E-state index in [0.29, 0.717) is 18.8 Å². The van der Waals surface area contributed by atoms with E-state index in [4.69, 9.17) is 16.3 Å². The zero-order valence-corrected chi connectivity index (χ0v) is 41.4. The summed E-state index contributed by atoms with van der Waals surface area (Å²) in [6, 6.07) is 22.8. The fourth-order valence-electron chi connectivity index (χ4n) is 9.51. The van der Waals surface area contributed by atoms with Crippen molar-refractivity contribution in [2.75, 3.05) is 103 Å². The molecule has 2 aliphatic heterocycles. The topological polar surface area (TPSA) is 160 Å². The second kappa shape index (κ2) is 21.0. The summed E-state index contributed by atoms with van der Waals surface area (Å²) in [5, 5.41) is 16.8. The van der Waals surface area contributed by atoms with Crippen molar-refractivity contribution in [3.8, 4) is 11.5 Å². The highest BCUT2D eigenvalue weighted by molar-refractivity contribution is 7.90. The van der Waals surface area contributed by atoms with Gasteiger partial charge in [0.1, 0.15) is 17.2 Å². The summed E-state index contributed by atoms with van der Waals surface area (Å²) in [6.07, 6.45) is 5.92. The number of nitro benzene ring substituents is 1. The highest BCUT2D eigenvalue weighted by atomic mass is 35.5. The van der Waals surface area contributed by atoms with Gasteiger partial charge in [0.2, 0.25) is 0 Å². The number of ether oxygens (including phenoxy) is 1. The smallest absolute Gasteiger partial charge is 0.293 e. The number of anilines is 2. The summed E-state index contributed by atoms with van der Waals surface area (Å²) in [5.74, 6) is -0.219. The standard InChI is InChI=1S/C51H64ClN9O6S/c1-51(2)19-18-37(43(32-51)36-10-12-39(52)13-11-36)34-59-26-28-60(29-27-59)40-14-16-42(50(62)55-68(65,66)41-15-17-44(46(31-41)61(63)64)53-20-7-21-56(3)4)48(30-40)67-47-9-6-8-45-49(47)38(33-54-45)35-58-24-22-57(5)23-25-58/h6,8-17,30-31,33,53-54H,7,18-29,32,34-35H2,1-5H3,(H,55,62). The molecule has 3 N–H and O–H groups in total. The molecule has 0 bridgehead atoms. The summed E-state index contributed by atoms with van der Waals surface area (Å²) in [7, 11) is 1.43. The number of aromatic amines is 1. The Kier molecular flexibility index (Phi) is 15.1. The van der Waals surface area contributed by atoms with Gasteiger partial charge in [-0.2, -0.15) is 0 Å². The summed E-state index contributed by atoms with van der Waals surface area (Å²) >= 11 is 6.28. The Morgan fingerprint density at radius 1 is 0.912 bits per heavy atom. The van der Waals surface area contributed by atoms with Crippen molar-refractivity contribution >= 4 is 61.1 Å². The van der Waals surface area contributed by atoms with E-state index in [-0.39, 0.29) is 22.4 Å². The molecule has 68 heavy (non-hydrogen) atoms. The number of aromatic nitrogens is 1. The number of rotatable bonds is 17. The van der Waals surface area contributed by atoms with Gasteiger partial charge in [-0.25, -0.2) is 13.1 Å². The normalized spacial score (nSPS) is 17.5. The minimum absolute atomic E-state index is 0.000292.